The molecule has 0 atom stereocenters. The van der Waals surface area contributed by atoms with Gasteiger partial charge in [0.25, 0.3) is 0 Å². The SMILES string of the molecule is CCCNCCN(C)Cc1ccnn1C. The number of likely N-dealkylation sites (N-methyl/N-ethyl adjacent to an activating group) is 1. The predicted molar refractivity (Wildman–Crippen MR) is 62.7 cm³/mol. The van der Waals surface area contributed by atoms with Crippen LogP contribution in [0.4, 0.5) is 0 Å². The predicted octanol–water partition coefficient (Wildman–Crippen LogP) is 0.851. The number of hydrogen-bond donors (Lipinski definition) is 1. The van der Waals surface area contributed by atoms with Crippen molar-refractivity contribution >= 4 is 0 Å². The minimum atomic E-state index is 0.963. The molecule has 4 nitrogen and oxygen atoms in total. The monoisotopic (exact) mass is 210 g/mol. The van der Waals surface area contributed by atoms with Crippen molar-refractivity contribution in [3.05, 3.63) is 18.0 Å². The largest absolute Gasteiger partial charge is 0.315 e. The molecule has 1 N–H and O–H groups in total. The first kappa shape index (κ1) is 12.2. The summed E-state index contributed by atoms with van der Waals surface area (Å²) in [4.78, 5) is 2.31. The first-order chi connectivity index (χ1) is 7.24. The zero-order chi connectivity index (χ0) is 11.1. The van der Waals surface area contributed by atoms with Crippen LogP contribution in [0.2, 0.25) is 0 Å². The van der Waals surface area contributed by atoms with Gasteiger partial charge in [0.2, 0.25) is 0 Å². The third-order valence-electron chi connectivity index (χ3n) is 2.45. The van der Waals surface area contributed by atoms with Crippen LogP contribution in [0.25, 0.3) is 0 Å². The number of nitrogens with one attached hydrogen (secondary N) is 1. The highest BCUT2D eigenvalue weighted by Crippen LogP contribution is 1.99. The fraction of sp³-hybridized carbons (Fsp3) is 0.727. The second-order valence-corrected chi connectivity index (χ2v) is 3.93. The molecule has 15 heavy (non-hydrogen) atoms. The minimum absolute atomic E-state index is 0.963. The normalized spacial score (nSPS) is 11.2. The van der Waals surface area contributed by atoms with Crippen LogP contribution in [0, 0.1) is 0 Å². The van der Waals surface area contributed by atoms with Gasteiger partial charge in [-0.3, -0.25) is 9.58 Å². The zero-order valence-electron chi connectivity index (χ0n) is 10.0. The third-order valence-corrected chi connectivity index (χ3v) is 2.45. The highest BCUT2D eigenvalue weighted by Gasteiger charge is 2.02. The summed E-state index contributed by atoms with van der Waals surface area (Å²) in [7, 11) is 4.12. The molecule has 0 aromatic carbocycles. The molecule has 0 unspecified atom stereocenters. The first-order valence-electron chi connectivity index (χ1n) is 5.60. The van der Waals surface area contributed by atoms with Gasteiger partial charge in [0.05, 0.1) is 5.69 Å². The van der Waals surface area contributed by atoms with E-state index in [-0.39, 0.29) is 0 Å². The maximum Gasteiger partial charge on any atom is 0.0520 e. The van der Waals surface area contributed by atoms with Crippen molar-refractivity contribution in [1.82, 2.24) is 20.0 Å². The van der Waals surface area contributed by atoms with Crippen LogP contribution in [0.1, 0.15) is 19.0 Å². The highest BCUT2D eigenvalue weighted by atomic mass is 15.3. The van der Waals surface area contributed by atoms with Crippen molar-refractivity contribution < 1.29 is 0 Å². The van der Waals surface area contributed by atoms with Gasteiger partial charge in [0.15, 0.2) is 0 Å². The lowest BCUT2D eigenvalue weighted by atomic mass is 10.4. The van der Waals surface area contributed by atoms with Crippen molar-refractivity contribution in [3.8, 4) is 0 Å². The summed E-state index contributed by atoms with van der Waals surface area (Å²) in [5.74, 6) is 0. The number of aryl methyl sites for hydroxylation is 1. The summed E-state index contributed by atoms with van der Waals surface area (Å²) in [5.41, 5.74) is 1.26. The van der Waals surface area contributed by atoms with Crippen molar-refractivity contribution in [2.75, 3.05) is 26.7 Å². The number of rotatable bonds is 7. The summed E-state index contributed by atoms with van der Waals surface area (Å²) in [6, 6.07) is 2.07. The van der Waals surface area contributed by atoms with Crippen LogP contribution >= 0.6 is 0 Å². The van der Waals surface area contributed by atoms with Crippen LogP contribution in [-0.2, 0) is 13.6 Å². The molecular formula is C11H22N4. The Morgan fingerprint density at radius 2 is 2.27 bits per heavy atom. The Labute approximate surface area is 92.3 Å². The number of nitrogens with zero attached hydrogens (tertiary/aromatic N) is 3. The van der Waals surface area contributed by atoms with Gasteiger partial charge < -0.3 is 5.32 Å². The Balaban J connectivity index is 2.18. The van der Waals surface area contributed by atoms with E-state index in [4.69, 9.17) is 0 Å². The van der Waals surface area contributed by atoms with E-state index in [0.29, 0.717) is 0 Å². The second-order valence-electron chi connectivity index (χ2n) is 3.93. The third kappa shape index (κ3) is 4.44. The number of aromatic nitrogens is 2. The van der Waals surface area contributed by atoms with Gasteiger partial charge >= 0.3 is 0 Å². The molecule has 0 spiro atoms. The van der Waals surface area contributed by atoms with E-state index in [1.54, 1.807) is 0 Å². The van der Waals surface area contributed by atoms with E-state index in [2.05, 4.69) is 35.4 Å². The summed E-state index contributed by atoms with van der Waals surface area (Å²) in [5, 5.41) is 7.55. The van der Waals surface area contributed by atoms with Gasteiger partial charge in [-0.25, -0.2) is 0 Å². The van der Waals surface area contributed by atoms with Crippen molar-refractivity contribution in [1.29, 1.82) is 0 Å². The molecule has 0 saturated heterocycles. The highest BCUT2D eigenvalue weighted by molar-refractivity contribution is 4.99. The summed E-state index contributed by atoms with van der Waals surface area (Å²) in [6.07, 6.45) is 3.05. The van der Waals surface area contributed by atoms with Gasteiger partial charge in [-0.15, -0.1) is 0 Å². The molecule has 1 rings (SSSR count). The summed E-state index contributed by atoms with van der Waals surface area (Å²) in [6.45, 7) is 6.39. The average molecular weight is 210 g/mol. The lowest BCUT2D eigenvalue weighted by Gasteiger charge is -2.16. The molecule has 0 bridgehead atoms. The first-order valence-corrected chi connectivity index (χ1v) is 5.60. The van der Waals surface area contributed by atoms with Crippen LogP contribution in [0.5, 0.6) is 0 Å². The van der Waals surface area contributed by atoms with Crippen LogP contribution < -0.4 is 5.32 Å². The molecule has 0 fully saturated rings. The quantitative estimate of drug-likeness (QED) is 0.677. The summed E-state index contributed by atoms with van der Waals surface area (Å²) >= 11 is 0. The standard InChI is InChI=1S/C11H22N4/c1-4-6-12-8-9-14(2)10-11-5-7-13-15(11)3/h5,7,12H,4,6,8-10H2,1-3H3. The zero-order valence-corrected chi connectivity index (χ0v) is 10.0. The minimum Gasteiger partial charge on any atom is -0.315 e. The Hall–Kier alpha value is -0.870. The van der Waals surface area contributed by atoms with Gasteiger partial charge in [-0.05, 0) is 26.1 Å². The Kier molecular flexibility index (Phi) is 5.36. The molecular weight excluding hydrogens is 188 g/mol. The van der Waals surface area contributed by atoms with Gasteiger partial charge in [0.1, 0.15) is 0 Å². The van der Waals surface area contributed by atoms with Crippen molar-refractivity contribution in [2.24, 2.45) is 7.05 Å². The van der Waals surface area contributed by atoms with Crippen LogP contribution in [0.3, 0.4) is 0 Å². The van der Waals surface area contributed by atoms with E-state index < -0.39 is 0 Å². The molecule has 1 heterocycles. The lowest BCUT2D eigenvalue weighted by molar-refractivity contribution is 0.315. The number of hydrogen-bond acceptors (Lipinski definition) is 3. The van der Waals surface area contributed by atoms with Gasteiger partial charge in [0, 0.05) is 32.9 Å². The lowest BCUT2D eigenvalue weighted by Crippen LogP contribution is -2.29. The summed E-state index contributed by atoms with van der Waals surface area (Å²) < 4.78 is 1.93. The van der Waals surface area contributed by atoms with E-state index >= 15 is 0 Å². The molecule has 1 aromatic rings. The molecule has 0 aliphatic rings. The Bertz CT molecular complexity index is 269. The molecule has 1 aromatic heterocycles. The molecule has 86 valence electrons. The molecule has 0 aliphatic carbocycles. The molecule has 0 saturated carbocycles. The fourth-order valence-corrected chi connectivity index (χ4v) is 1.48. The Morgan fingerprint density at radius 1 is 1.47 bits per heavy atom. The molecule has 0 aliphatic heterocycles. The molecule has 0 amide bonds. The molecule has 4 heteroatoms. The van der Waals surface area contributed by atoms with Crippen molar-refractivity contribution in [2.45, 2.75) is 19.9 Å². The van der Waals surface area contributed by atoms with Crippen LogP contribution in [-0.4, -0.2) is 41.4 Å². The van der Waals surface area contributed by atoms with Crippen molar-refractivity contribution in [3.63, 3.8) is 0 Å². The second kappa shape index (κ2) is 6.58. The smallest absolute Gasteiger partial charge is 0.0520 e. The maximum absolute atomic E-state index is 4.15. The Morgan fingerprint density at radius 3 is 2.87 bits per heavy atom. The van der Waals surface area contributed by atoms with Gasteiger partial charge in [-0.2, -0.15) is 5.10 Å². The average Bonchev–Trinajstić information content (AvgIpc) is 2.59. The molecule has 0 radical (unpaired) electrons. The fourth-order valence-electron chi connectivity index (χ4n) is 1.48. The maximum atomic E-state index is 4.15. The van der Waals surface area contributed by atoms with Crippen LogP contribution in [0.15, 0.2) is 12.3 Å². The van der Waals surface area contributed by atoms with E-state index in [0.717, 1.165) is 26.2 Å². The topological polar surface area (TPSA) is 33.1 Å². The van der Waals surface area contributed by atoms with E-state index in [9.17, 15) is 0 Å². The van der Waals surface area contributed by atoms with Gasteiger partial charge in [-0.1, -0.05) is 6.92 Å². The van der Waals surface area contributed by atoms with E-state index in [1.165, 1.54) is 12.1 Å². The van der Waals surface area contributed by atoms with E-state index in [1.807, 2.05) is 17.9 Å².